The third-order valence-electron chi connectivity index (χ3n) is 2.41. The minimum atomic E-state index is -3.84. The van der Waals surface area contributed by atoms with Crippen LogP contribution in [0.5, 0.6) is 0 Å². The number of aromatic carboxylic acids is 1. The van der Waals surface area contributed by atoms with Crippen LogP contribution >= 0.6 is 27.3 Å². The number of nitrogens with one attached hydrogen (secondary N) is 1. The van der Waals surface area contributed by atoms with Gasteiger partial charge in [-0.15, -0.1) is 11.3 Å². The predicted octanol–water partition coefficient (Wildman–Crippen LogP) is 1.50. The first-order valence-electron chi connectivity index (χ1n) is 5.35. The van der Waals surface area contributed by atoms with Crippen molar-refractivity contribution in [3.63, 3.8) is 0 Å². The normalized spacial score (nSPS) is 13.7. The summed E-state index contributed by atoms with van der Waals surface area (Å²) in [4.78, 5) is 10.6. The van der Waals surface area contributed by atoms with Crippen molar-refractivity contribution in [2.45, 2.75) is 24.8 Å². The van der Waals surface area contributed by atoms with E-state index in [1.807, 2.05) is 0 Å². The van der Waals surface area contributed by atoms with Gasteiger partial charge >= 0.3 is 5.97 Å². The Kier molecular flexibility index (Phi) is 5.51. The van der Waals surface area contributed by atoms with Gasteiger partial charge in [0, 0.05) is 6.54 Å². The van der Waals surface area contributed by atoms with Crippen LogP contribution in [0.4, 0.5) is 0 Å². The summed E-state index contributed by atoms with van der Waals surface area (Å²) >= 11 is 3.86. The van der Waals surface area contributed by atoms with Crippen LogP contribution in [0.2, 0.25) is 0 Å². The van der Waals surface area contributed by atoms with Crippen LogP contribution in [0.1, 0.15) is 23.5 Å². The third kappa shape index (κ3) is 4.25. The van der Waals surface area contributed by atoms with Crippen molar-refractivity contribution in [1.82, 2.24) is 4.72 Å². The molecule has 0 radical (unpaired) electrons. The highest BCUT2D eigenvalue weighted by Crippen LogP contribution is 2.31. The number of hydrogen-bond donors (Lipinski definition) is 3. The summed E-state index contributed by atoms with van der Waals surface area (Å²) in [6, 6.07) is 1.08. The fourth-order valence-electron chi connectivity index (χ4n) is 1.15. The van der Waals surface area contributed by atoms with Crippen molar-refractivity contribution in [1.29, 1.82) is 0 Å². The van der Waals surface area contributed by atoms with E-state index in [1.165, 1.54) is 0 Å². The molecule has 0 saturated carbocycles. The molecule has 9 heteroatoms. The van der Waals surface area contributed by atoms with E-state index >= 15 is 0 Å². The number of carboxylic acid groups (broad SMARTS) is 1. The second-order valence-corrected chi connectivity index (χ2v) is 8.32. The van der Waals surface area contributed by atoms with E-state index < -0.39 is 22.1 Å². The van der Waals surface area contributed by atoms with Crippen molar-refractivity contribution in [2.24, 2.45) is 5.92 Å². The van der Waals surface area contributed by atoms with Gasteiger partial charge in [-0.1, -0.05) is 13.8 Å². The summed E-state index contributed by atoms with van der Waals surface area (Å²) < 4.78 is 26.4. The van der Waals surface area contributed by atoms with Gasteiger partial charge in [0.2, 0.25) is 10.0 Å². The van der Waals surface area contributed by atoms with Crippen LogP contribution in [0.25, 0.3) is 0 Å². The molecule has 1 aromatic rings. The highest BCUT2D eigenvalue weighted by molar-refractivity contribution is 9.11. The number of thiophene rings is 1. The largest absolute Gasteiger partial charge is 0.477 e. The van der Waals surface area contributed by atoms with Gasteiger partial charge in [-0.05, 0) is 27.9 Å². The van der Waals surface area contributed by atoms with Crippen LogP contribution < -0.4 is 4.72 Å². The maximum atomic E-state index is 12.0. The maximum absolute atomic E-state index is 12.0. The molecule has 3 N–H and O–H groups in total. The molecule has 1 heterocycles. The fourth-order valence-corrected chi connectivity index (χ4v) is 4.60. The molecule has 6 nitrogen and oxygen atoms in total. The van der Waals surface area contributed by atoms with Crippen LogP contribution in [-0.2, 0) is 10.0 Å². The zero-order valence-corrected chi connectivity index (χ0v) is 13.5. The quantitative estimate of drug-likeness (QED) is 0.702. The summed E-state index contributed by atoms with van der Waals surface area (Å²) in [5.74, 6) is -1.27. The zero-order chi connectivity index (χ0) is 14.8. The molecular weight excluding hydrogens is 358 g/mol. The zero-order valence-electron chi connectivity index (χ0n) is 10.3. The Bertz CT molecular complexity index is 566. The molecule has 19 heavy (non-hydrogen) atoms. The molecule has 0 spiro atoms. The van der Waals surface area contributed by atoms with E-state index in [4.69, 9.17) is 5.11 Å². The molecule has 0 aliphatic carbocycles. The smallest absolute Gasteiger partial charge is 0.345 e. The SMILES string of the molecule is CC(C)C(O)CNS(=O)(=O)c1cc(C(=O)O)sc1Br. The Balaban J connectivity index is 2.92. The predicted molar refractivity (Wildman–Crippen MR) is 75.0 cm³/mol. The molecule has 0 aromatic carbocycles. The lowest BCUT2D eigenvalue weighted by Crippen LogP contribution is -2.34. The number of carboxylic acids is 1. The molecule has 0 aliphatic heterocycles. The Morgan fingerprint density at radius 2 is 2.11 bits per heavy atom. The first kappa shape index (κ1) is 16.6. The van der Waals surface area contributed by atoms with E-state index in [0.29, 0.717) is 0 Å². The maximum Gasteiger partial charge on any atom is 0.345 e. The van der Waals surface area contributed by atoms with Gasteiger partial charge in [0.1, 0.15) is 9.77 Å². The van der Waals surface area contributed by atoms with Gasteiger partial charge in [0.25, 0.3) is 0 Å². The van der Waals surface area contributed by atoms with Crippen molar-refractivity contribution >= 4 is 43.3 Å². The van der Waals surface area contributed by atoms with Gasteiger partial charge in [-0.3, -0.25) is 0 Å². The number of rotatable bonds is 6. The summed E-state index contributed by atoms with van der Waals surface area (Å²) in [6.07, 6.45) is -0.800. The summed E-state index contributed by atoms with van der Waals surface area (Å²) in [7, 11) is -3.84. The minimum Gasteiger partial charge on any atom is -0.477 e. The van der Waals surface area contributed by atoms with Crippen LogP contribution in [-0.4, -0.2) is 37.2 Å². The molecule has 0 amide bonds. The van der Waals surface area contributed by atoms with Gasteiger partial charge in [-0.25, -0.2) is 17.9 Å². The van der Waals surface area contributed by atoms with Crippen LogP contribution in [0, 0.1) is 5.92 Å². The first-order valence-corrected chi connectivity index (χ1v) is 8.44. The highest BCUT2D eigenvalue weighted by atomic mass is 79.9. The summed E-state index contributed by atoms with van der Waals surface area (Å²) in [5.41, 5.74) is 0. The molecular formula is C10H14BrNO5S2. The van der Waals surface area contributed by atoms with Crippen molar-refractivity contribution in [3.8, 4) is 0 Å². The van der Waals surface area contributed by atoms with E-state index in [2.05, 4.69) is 20.7 Å². The molecule has 108 valence electrons. The fraction of sp³-hybridized carbons (Fsp3) is 0.500. The lowest BCUT2D eigenvalue weighted by molar-refractivity contribution is 0.0702. The van der Waals surface area contributed by atoms with Crippen LogP contribution in [0.15, 0.2) is 14.7 Å². The molecule has 1 rings (SSSR count). The van der Waals surface area contributed by atoms with Crippen molar-refractivity contribution in [2.75, 3.05) is 6.54 Å². The monoisotopic (exact) mass is 371 g/mol. The molecule has 0 aliphatic rings. The standard InChI is InChI=1S/C10H14BrNO5S2/c1-5(2)6(13)4-12-19(16,17)8-3-7(10(14)15)18-9(8)11/h3,5-6,12-13H,4H2,1-2H3,(H,14,15). The number of sulfonamides is 1. The second kappa shape index (κ2) is 6.31. The average Bonchev–Trinajstić information content (AvgIpc) is 2.69. The summed E-state index contributed by atoms with van der Waals surface area (Å²) in [5, 5.41) is 18.4. The van der Waals surface area contributed by atoms with Gasteiger partial charge in [0.05, 0.1) is 9.89 Å². The second-order valence-electron chi connectivity index (χ2n) is 4.22. The molecule has 1 aromatic heterocycles. The lowest BCUT2D eigenvalue weighted by Gasteiger charge is -2.14. The number of aliphatic hydroxyl groups excluding tert-OH is 1. The van der Waals surface area contributed by atoms with Crippen LogP contribution in [0.3, 0.4) is 0 Å². The van der Waals surface area contributed by atoms with Gasteiger partial charge < -0.3 is 10.2 Å². The van der Waals surface area contributed by atoms with Gasteiger partial charge in [0.15, 0.2) is 0 Å². The summed E-state index contributed by atoms with van der Waals surface area (Å²) in [6.45, 7) is 3.41. The number of carbonyl (C=O) groups is 1. The molecule has 0 saturated heterocycles. The number of hydrogen-bond acceptors (Lipinski definition) is 5. The number of aliphatic hydroxyl groups is 1. The topological polar surface area (TPSA) is 104 Å². The van der Waals surface area contributed by atoms with Gasteiger partial charge in [-0.2, -0.15) is 0 Å². The average molecular weight is 372 g/mol. The van der Waals surface area contributed by atoms with E-state index in [9.17, 15) is 18.3 Å². The highest BCUT2D eigenvalue weighted by Gasteiger charge is 2.24. The Morgan fingerprint density at radius 3 is 2.53 bits per heavy atom. The Hall–Kier alpha value is -0.480. The van der Waals surface area contributed by atoms with E-state index in [1.54, 1.807) is 13.8 Å². The molecule has 0 fully saturated rings. The molecule has 1 atom stereocenters. The number of halogens is 1. The van der Waals surface area contributed by atoms with E-state index in [0.717, 1.165) is 17.4 Å². The first-order chi connectivity index (χ1) is 8.65. The Morgan fingerprint density at radius 1 is 1.53 bits per heavy atom. The van der Waals surface area contributed by atoms with Crippen molar-refractivity contribution < 1.29 is 23.4 Å². The third-order valence-corrected chi connectivity index (χ3v) is 6.07. The molecule has 1 unspecified atom stereocenters. The minimum absolute atomic E-state index is 0.0725. The Labute approximate surface area is 123 Å². The van der Waals surface area contributed by atoms with Crippen molar-refractivity contribution in [3.05, 3.63) is 14.7 Å². The molecule has 0 bridgehead atoms. The lowest BCUT2D eigenvalue weighted by atomic mass is 10.1. The van der Waals surface area contributed by atoms with E-state index in [-0.39, 0.29) is 26.0 Å².